The molecule has 27 heavy (non-hydrogen) atoms. The molecular weight excluding hydrogens is 340 g/mol. The third-order valence-corrected chi connectivity index (χ3v) is 7.89. The van der Waals surface area contributed by atoms with Gasteiger partial charge in [-0.15, -0.1) is 0 Å². The topological polar surface area (TPSA) is 69.6 Å². The van der Waals surface area contributed by atoms with E-state index in [9.17, 15) is 14.7 Å². The van der Waals surface area contributed by atoms with E-state index in [2.05, 4.69) is 26.1 Å². The Labute approximate surface area is 161 Å². The summed E-state index contributed by atoms with van der Waals surface area (Å²) in [4.78, 5) is 27.8. The lowest BCUT2D eigenvalue weighted by molar-refractivity contribution is 0.000489. The zero-order chi connectivity index (χ0) is 19.4. The van der Waals surface area contributed by atoms with Crippen LogP contribution < -0.4 is 5.32 Å². The van der Waals surface area contributed by atoms with Crippen molar-refractivity contribution in [2.24, 2.45) is 16.7 Å². The minimum absolute atomic E-state index is 0.0186. The highest BCUT2D eigenvalue weighted by Crippen LogP contribution is 2.65. The van der Waals surface area contributed by atoms with Crippen LogP contribution in [0.4, 0.5) is 0 Å². The summed E-state index contributed by atoms with van der Waals surface area (Å²) in [7, 11) is 0. The summed E-state index contributed by atoms with van der Waals surface area (Å²) in [6.07, 6.45) is 3.48. The van der Waals surface area contributed by atoms with Gasteiger partial charge in [0, 0.05) is 18.5 Å². The number of carbonyl (C=O) groups is 2. The Balaban J connectivity index is 1.57. The number of hydrogen-bond donors (Lipinski definition) is 2. The Bertz CT molecular complexity index is 769. The fourth-order valence-electron chi connectivity index (χ4n) is 5.70. The number of benzene rings is 1. The molecule has 2 bridgehead atoms. The van der Waals surface area contributed by atoms with Crippen molar-refractivity contribution in [3.05, 3.63) is 35.4 Å². The van der Waals surface area contributed by atoms with E-state index < -0.39 is 6.10 Å². The molecule has 146 valence electrons. The predicted molar refractivity (Wildman–Crippen MR) is 103 cm³/mol. The summed E-state index contributed by atoms with van der Waals surface area (Å²) in [5.41, 5.74) is 0.669. The first-order valence-corrected chi connectivity index (χ1v) is 10.1. The molecule has 2 amide bonds. The number of fused-ring (bicyclic) bond motifs is 2. The molecule has 4 rings (SSSR count). The molecule has 5 heteroatoms. The van der Waals surface area contributed by atoms with Crippen molar-refractivity contribution >= 4 is 11.8 Å². The maximum absolute atomic E-state index is 13.1. The zero-order valence-electron chi connectivity index (χ0n) is 16.5. The molecule has 1 heterocycles. The van der Waals surface area contributed by atoms with Gasteiger partial charge in [0.15, 0.2) is 0 Å². The highest BCUT2D eigenvalue weighted by atomic mass is 16.3. The molecule has 2 unspecified atom stereocenters. The molecule has 3 fully saturated rings. The summed E-state index contributed by atoms with van der Waals surface area (Å²) in [5, 5.41) is 14.0. The smallest absolute Gasteiger partial charge is 0.254 e. The van der Waals surface area contributed by atoms with E-state index in [1.807, 2.05) is 4.90 Å². The second-order valence-electron chi connectivity index (χ2n) is 9.27. The standard InChI is InChI=1S/C22H30N2O3/c1-21(2)16-10-11-22(21,3)18(25)17(16)23-19(26)14-8-4-5-9-15(14)20(27)24-12-6-7-13-24/h4-5,8-9,16-18,25H,6-7,10-13H2,1-3H3,(H,23,26)/t16?,17-,18-,22?/m1/s1. The van der Waals surface area contributed by atoms with Gasteiger partial charge in [0.1, 0.15) is 0 Å². The predicted octanol–water partition coefficient (Wildman–Crippen LogP) is 2.84. The first kappa shape index (κ1) is 18.5. The minimum atomic E-state index is -0.559. The molecule has 1 aliphatic heterocycles. The van der Waals surface area contributed by atoms with E-state index in [1.165, 1.54) is 0 Å². The largest absolute Gasteiger partial charge is 0.390 e. The van der Waals surface area contributed by atoms with Gasteiger partial charge in [0.25, 0.3) is 11.8 Å². The molecule has 2 aliphatic carbocycles. The highest BCUT2D eigenvalue weighted by molar-refractivity contribution is 6.07. The first-order chi connectivity index (χ1) is 12.8. The Morgan fingerprint density at radius 1 is 1.11 bits per heavy atom. The maximum atomic E-state index is 13.1. The highest BCUT2D eigenvalue weighted by Gasteiger charge is 2.66. The van der Waals surface area contributed by atoms with Crippen LogP contribution in [-0.2, 0) is 0 Å². The lowest BCUT2D eigenvalue weighted by atomic mass is 9.70. The number of carbonyl (C=O) groups excluding carboxylic acids is 2. The van der Waals surface area contributed by atoms with Crippen molar-refractivity contribution in [1.82, 2.24) is 10.2 Å². The Kier molecular flexibility index (Phi) is 4.34. The molecule has 5 nitrogen and oxygen atoms in total. The number of aliphatic hydroxyl groups is 1. The molecule has 2 saturated carbocycles. The van der Waals surface area contributed by atoms with Crippen LogP contribution in [0.2, 0.25) is 0 Å². The summed E-state index contributed by atoms with van der Waals surface area (Å²) in [6.45, 7) is 8.04. The summed E-state index contributed by atoms with van der Waals surface area (Å²) in [6, 6.07) is 6.78. The third-order valence-electron chi connectivity index (χ3n) is 7.89. The number of hydrogen-bond acceptors (Lipinski definition) is 3. The lowest BCUT2D eigenvalue weighted by Gasteiger charge is -2.37. The maximum Gasteiger partial charge on any atom is 0.254 e. The second-order valence-corrected chi connectivity index (χ2v) is 9.27. The van der Waals surface area contributed by atoms with Crippen LogP contribution in [0, 0.1) is 16.7 Å². The van der Waals surface area contributed by atoms with Crippen molar-refractivity contribution in [1.29, 1.82) is 0 Å². The average Bonchev–Trinajstić information content (AvgIpc) is 3.29. The van der Waals surface area contributed by atoms with Crippen LogP contribution >= 0.6 is 0 Å². The summed E-state index contributed by atoms with van der Waals surface area (Å²) >= 11 is 0. The normalized spacial score (nSPS) is 34.1. The van der Waals surface area contributed by atoms with Crippen molar-refractivity contribution in [2.75, 3.05) is 13.1 Å². The van der Waals surface area contributed by atoms with Gasteiger partial charge >= 0.3 is 0 Å². The summed E-state index contributed by atoms with van der Waals surface area (Å²) in [5.74, 6) is -0.0731. The van der Waals surface area contributed by atoms with Gasteiger partial charge in [0.2, 0.25) is 0 Å². The van der Waals surface area contributed by atoms with Crippen molar-refractivity contribution < 1.29 is 14.7 Å². The second kappa shape index (κ2) is 6.33. The van der Waals surface area contributed by atoms with Crippen molar-refractivity contribution in [3.8, 4) is 0 Å². The van der Waals surface area contributed by atoms with Crippen LogP contribution in [0.15, 0.2) is 24.3 Å². The number of likely N-dealkylation sites (tertiary alicyclic amines) is 1. The number of nitrogens with one attached hydrogen (secondary N) is 1. The molecule has 0 aromatic heterocycles. The van der Waals surface area contributed by atoms with Crippen LogP contribution in [0.5, 0.6) is 0 Å². The fourth-order valence-corrected chi connectivity index (χ4v) is 5.70. The monoisotopic (exact) mass is 370 g/mol. The molecule has 3 aliphatic rings. The molecule has 1 saturated heterocycles. The molecule has 4 atom stereocenters. The lowest BCUT2D eigenvalue weighted by Crippen LogP contribution is -2.49. The SMILES string of the molecule is CC1(C)C2CCC1(C)[C@H](O)[C@@H]2NC(=O)c1ccccc1C(=O)N1CCCC1. The number of rotatable bonds is 3. The molecular formula is C22H30N2O3. The number of nitrogens with zero attached hydrogens (tertiary/aromatic N) is 1. The minimum Gasteiger partial charge on any atom is -0.390 e. The van der Waals surface area contributed by atoms with E-state index in [4.69, 9.17) is 0 Å². The van der Waals surface area contributed by atoms with Gasteiger partial charge < -0.3 is 15.3 Å². The van der Waals surface area contributed by atoms with Gasteiger partial charge in [-0.05, 0) is 49.1 Å². The van der Waals surface area contributed by atoms with Gasteiger partial charge in [-0.1, -0.05) is 32.9 Å². The molecule has 1 aromatic rings. The molecule has 2 N–H and O–H groups in total. The van der Waals surface area contributed by atoms with E-state index in [-0.39, 0.29) is 34.6 Å². The van der Waals surface area contributed by atoms with Crippen LogP contribution in [0.1, 0.15) is 67.2 Å². The number of amides is 2. The van der Waals surface area contributed by atoms with Crippen LogP contribution in [-0.4, -0.2) is 47.1 Å². The number of aliphatic hydroxyl groups excluding tert-OH is 1. The van der Waals surface area contributed by atoms with Gasteiger partial charge in [-0.2, -0.15) is 0 Å². The van der Waals surface area contributed by atoms with Gasteiger partial charge in [-0.3, -0.25) is 9.59 Å². The molecule has 0 spiro atoms. The Morgan fingerprint density at radius 3 is 2.33 bits per heavy atom. The van der Waals surface area contributed by atoms with Crippen LogP contribution in [0.3, 0.4) is 0 Å². The van der Waals surface area contributed by atoms with Crippen LogP contribution in [0.25, 0.3) is 0 Å². The van der Waals surface area contributed by atoms with E-state index in [1.54, 1.807) is 24.3 Å². The first-order valence-electron chi connectivity index (χ1n) is 10.1. The van der Waals surface area contributed by atoms with Crippen molar-refractivity contribution in [3.63, 3.8) is 0 Å². The van der Waals surface area contributed by atoms with Gasteiger partial charge in [-0.25, -0.2) is 0 Å². The van der Waals surface area contributed by atoms with Crippen molar-refractivity contribution in [2.45, 2.75) is 58.6 Å². The van der Waals surface area contributed by atoms with E-state index >= 15 is 0 Å². The molecule has 0 radical (unpaired) electrons. The zero-order valence-corrected chi connectivity index (χ0v) is 16.5. The summed E-state index contributed by atoms with van der Waals surface area (Å²) < 4.78 is 0. The average molecular weight is 370 g/mol. The fraction of sp³-hybridized carbons (Fsp3) is 0.636. The quantitative estimate of drug-likeness (QED) is 0.860. The Hall–Kier alpha value is -1.88. The van der Waals surface area contributed by atoms with Gasteiger partial charge in [0.05, 0.1) is 23.3 Å². The van der Waals surface area contributed by atoms with E-state index in [0.717, 1.165) is 38.8 Å². The Morgan fingerprint density at radius 2 is 1.74 bits per heavy atom. The molecule has 1 aromatic carbocycles. The third kappa shape index (κ3) is 2.62. The van der Waals surface area contributed by atoms with E-state index in [0.29, 0.717) is 11.1 Å².